The van der Waals surface area contributed by atoms with Gasteiger partial charge in [-0.1, -0.05) is 0 Å². The largest absolute Gasteiger partial charge is 0.493 e. The number of pyridine rings is 1. The predicted octanol–water partition coefficient (Wildman–Crippen LogP) is 5.46. The number of nitrogens with two attached hydrogens (primary N) is 1. The number of nitrogens with zero attached hydrogens (tertiary/aromatic N) is 3. The van der Waals surface area contributed by atoms with Gasteiger partial charge in [-0.05, 0) is 86.7 Å². The second-order valence-corrected chi connectivity index (χ2v) is 12.6. The molecule has 1 aliphatic heterocycles. The second kappa shape index (κ2) is 11.6. The molecule has 0 radical (unpaired) electrons. The van der Waals surface area contributed by atoms with Crippen LogP contribution in [0.5, 0.6) is 17.2 Å². The topological polar surface area (TPSA) is 118 Å². The maximum absolute atomic E-state index is 15.6. The molecule has 7 rings (SSSR count). The van der Waals surface area contributed by atoms with Crippen molar-refractivity contribution in [3.63, 3.8) is 0 Å². The molecule has 1 unspecified atom stereocenters. The number of β-amino-alcohol motifs (C(OH)–C–C–N with tert-alkyl or cyclic N) is 1. The number of ether oxygens (including phenoxy) is 2. The van der Waals surface area contributed by atoms with Gasteiger partial charge >= 0.3 is 0 Å². The third kappa shape index (κ3) is 5.65. The number of hydrogen-bond donors (Lipinski definition) is 2. The molecule has 1 aromatic heterocycles. The van der Waals surface area contributed by atoms with Crippen LogP contribution in [-0.4, -0.2) is 59.1 Å². The first-order valence-electron chi connectivity index (χ1n) is 15.5. The minimum atomic E-state index is -1.38. The summed E-state index contributed by atoms with van der Waals surface area (Å²) in [6, 6.07) is 16.2. The molecule has 2 saturated carbocycles. The number of amides is 2. The Morgan fingerprint density at radius 2 is 1.74 bits per heavy atom. The fraction of sp³-hybridized carbons (Fsp3) is 0.343. The molecule has 238 valence electrons. The molecule has 4 aromatic rings. The molecule has 3 fully saturated rings. The minimum absolute atomic E-state index is 0.0841. The lowest BCUT2D eigenvalue weighted by atomic mass is 10.0. The van der Waals surface area contributed by atoms with E-state index in [0.29, 0.717) is 29.0 Å². The Morgan fingerprint density at radius 1 is 0.978 bits per heavy atom. The summed E-state index contributed by atoms with van der Waals surface area (Å²) in [6.45, 7) is 3.08. The summed E-state index contributed by atoms with van der Waals surface area (Å²) in [6.07, 6.45) is 4.99. The van der Waals surface area contributed by atoms with Crippen LogP contribution in [0.1, 0.15) is 32.1 Å². The van der Waals surface area contributed by atoms with E-state index in [1.165, 1.54) is 41.3 Å². The standard InChI is InChI=1S/C35H34F2N4O5/c36-22-2-4-23(5-3-22)41(33(44)35(13-14-35)32(38)43)24-6-9-30(27(37)18-24)46-29-10-15-39-28-19-25(7-8-26(28)29)45-17-1-16-40-20-31(42)34(21-40)11-12-34/h2-10,15,18-19,31,42H,1,11-14,16-17,20-21H2,(H2,38,43). The van der Waals surface area contributed by atoms with Crippen LogP contribution in [0.4, 0.5) is 20.2 Å². The molecule has 2 aliphatic carbocycles. The van der Waals surface area contributed by atoms with E-state index < -0.39 is 28.9 Å². The van der Waals surface area contributed by atoms with Crippen molar-refractivity contribution in [2.75, 3.05) is 31.1 Å². The zero-order valence-electron chi connectivity index (χ0n) is 25.1. The third-order valence-electron chi connectivity index (χ3n) is 9.44. The van der Waals surface area contributed by atoms with Gasteiger partial charge in [0.15, 0.2) is 11.6 Å². The van der Waals surface area contributed by atoms with E-state index in [-0.39, 0.29) is 41.5 Å². The maximum atomic E-state index is 15.6. The summed E-state index contributed by atoms with van der Waals surface area (Å²) in [4.78, 5) is 33.6. The highest BCUT2D eigenvalue weighted by Crippen LogP contribution is 2.53. The summed E-state index contributed by atoms with van der Waals surface area (Å²) in [7, 11) is 0. The van der Waals surface area contributed by atoms with E-state index in [9.17, 15) is 19.1 Å². The quantitative estimate of drug-likeness (QED) is 0.167. The Hall–Kier alpha value is -4.61. The van der Waals surface area contributed by atoms with Crippen LogP contribution < -0.4 is 20.1 Å². The molecule has 2 amide bonds. The monoisotopic (exact) mass is 628 g/mol. The van der Waals surface area contributed by atoms with Crippen molar-refractivity contribution >= 4 is 34.1 Å². The number of aliphatic hydroxyl groups is 1. The van der Waals surface area contributed by atoms with Crippen LogP contribution in [0.25, 0.3) is 10.9 Å². The van der Waals surface area contributed by atoms with Crippen molar-refractivity contribution in [2.24, 2.45) is 16.6 Å². The summed E-state index contributed by atoms with van der Waals surface area (Å²) in [5, 5.41) is 10.9. The number of benzene rings is 3. The average molecular weight is 629 g/mol. The molecule has 9 nitrogen and oxygen atoms in total. The van der Waals surface area contributed by atoms with Crippen molar-refractivity contribution in [1.82, 2.24) is 9.88 Å². The number of rotatable bonds is 11. The van der Waals surface area contributed by atoms with E-state index in [4.69, 9.17) is 15.2 Å². The van der Waals surface area contributed by atoms with Gasteiger partial charge in [0.2, 0.25) is 11.8 Å². The van der Waals surface area contributed by atoms with Crippen molar-refractivity contribution in [2.45, 2.75) is 38.2 Å². The van der Waals surface area contributed by atoms with Crippen LogP contribution in [0, 0.1) is 22.5 Å². The first-order chi connectivity index (χ1) is 22.2. The van der Waals surface area contributed by atoms with Crippen molar-refractivity contribution in [1.29, 1.82) is 0 Å². The molecule has 3 aliphatic rings. The Morgan fingerprint density at radius 3 is 2.41 bits per heavy atom. The summed E-state index contributed by atoms with van der Waals surface area (Å²) < 4.78 is 41.2. The highest BCUT2D eigenvalue weighted by molar-refractivity contribution is 6.16. The molecule has 3 aromatic carbocycles. The Labute approximate surface area is 264 Å². The first kappa shape index (κ1) is 30.1. The highest BCUT2D eigenvalue weighted by Gasteiger charge is 2.57. The van der Waals surface area contributed by atoms with Gasteiger partial charge in [-0.3, -0.25) is 24.4 Å². The number of hydrogen-bond acceptors (Lipinski definition) is 7. The Kier molecular flexibility index (Phi) is 7.60. The van der Waals surface area contributed by atoms with Crippen molar-refractivity contribution < 1.29 is 33.0 Å². The molecule has 1 spiro atoms. The highest BCUT2D eigenvalue weighted by atomic mass is 19.1. The number of aromatic nitrogens is 1. The van der Waals surface area contributed by atoms with Crippen molar-refractivity contribution in [3.05, 3.63) is 84.6 Å². The van der Waals surface area contributed by atoms with E-state index in [2.05, 4.69) is 9.88 Å². The number of primary amides is 1. The fourth-order valence-corrected chi connectivity index (χ4v) is 6.34. The van der Waals surface area contributed by atoms with Gasteiger partial charge < -0.3 is 20.3 Å². The van der Waals surface area contributed by atoms with Gasteiger partial charge in [-0.2, -0.15) is 0 Å². The fourth-order valence-electron chi connectivity index (χ4n) is 6.34. The average Bonchev–Trinajstić information content (AvgIpc) is 3.97. The lowest BCUT2D eigenvalue weighted by molar-refractivity contribution is -0.133. The van der Waals surface area contributed by atoms with E-state index in [0.717, 1.165) is 45.0 Å². The molecular formula is C35H34F2N4O5. The van der Waals surface area contributed by atoms with E-state index >= 15 is 4.39 Å². The van der Waals surface area contributed by atoms with E-state index in [1.54, 1.807) is 24.4 Å². The summed E-state index contributed by atoms with van der Waals surface area (Å²) in [5.74, 6) is -1.65. The number of aliphatic hydroxyl groups excluding tert-OH is 1. The van der Waals surface area contributed by atoms with Crippen LogP contribution >= 0.6 is 0 Å². The number of carbonyl (C=O) groups excluding carboxylic acids is 2. The van der Waals surface area contributed by atoms with Crippen LogP contribution in [0.3, 0.4) is 0 Å². The lowest BCUT2D eigenvalue weighted by Gasteiger charge is -2.26. The molecule has 3 N–H and O–H groups in total. The first-order valence-corrected chi connectivity index (χ1v) is 15.5. The van der Waals surface area contributed by atoms with Crippen molar-refractivity contribution in [3.8, 4) is 17.2 Å². The number of anilines is 2. The van der Waals surface area contributed by atoms with Gasteiger partial charge in [-0.15, -0.1) is 0 Å². The summed E-state index contributed by atoms with van der Waals surface area (Å²) in [5.41, 5.74) is 5.34. The molecule has 11 heteroatoms. The van der Waals surface area contributed by atoms with Crippen LogP contribution in [0.2, 0.25) is 0 Å². The minimum Gasteiger partial charge on any atom is -0.493 e. The number of fused-ring (bicyclic) bond motifs is 1. The normalized spacial score (nSPS) is 19.2. The van der Waals surface area contributed by atoms with Gasteiger partial charge in [0.05, 0.1) is 23.9 Å². The van der Waals surface area contributed by atoms with Gasteiger partial charge in [0.1, 0.15) is 22.7 Å². The zero-order chi connectivity index (χ0) is 32.1. The predicted molar refractivity (Wildman–Crippen MR) is 167 cm³/mol. The maximum Gasteiger partial charge on any atom is 0.247 e. The Balaban J connectivity index is 1.05. The molecule has 46 heavy (non-hydrogen) atoms. The zero-order valence-corrected chi connectivity index (χ0v) is 25.1. The lowest BCUT2D eigenvalue weighted by Crippen LogP contribution is -2.41. The van der Waals surface area contributed by atoms with E-state index in [1.807, 2.05) is 6.07 Å². The Bertz CT molecular complexity index is 1810. The molecular weight excluding hydrogens is 594 g/mol. The van der Waals surface area contributed by atoms with Gasteiger partial charge in [-0.25, -0.2) is 8.78 Å². The number of halogens is 2. The third-order valence-corrected chi connectivity index (χ3v) is 9.44. The second-order valence-electron chi connectivity index (χ2n) is 12.6. The SMILES string of the molecule is NC(=O)C1(C(=O)N(c2ccc(F)cc2)c2ccc(Oc3ccnc4cc(OCCCN5CC(O)C6(CC6)C5)ccc34)c(F)c2)CC1. The number of carbonyl (C=O) groups is 2. The number of likely N-dealkylation sites (tertiary alicyclic amines) is 1. The molecule has 0 bridgehead atoms. The molecule has 2 heterocycles. The smallest absolute Gasteiger partial charge is 0.247 e. The van der Waals surface area contributed by atoms with Crippen LogP contribution in [-0.2, 0) is 9.59 Å². The summed E-state index contributed by atoms with van der Waals surface area (Å²) >= 11 is 0. The van der Waals surface area contributed by atoms with Gasteiger partial charge in [0.25, 0.3) is 0 Å². The molecule has 1 atom stereocenters. The van der Waals surface area contributed by atoms with Crippen LogP contribution in [0.15, 0.2) is 72.9 Å². The van der Waals surface area contributed by atoms with Gasteiger partial charge in [0, 0.05) is 54.5 Å². The molecule has 1 saturated heterocycles.